The Bertz CT molecular complexity index is 624. The molecule has 2 aromatic rings. The monoisotopic (exact) mass is 274 g/mol. The highest BCUT2D eigenvalue weighted by Gasteiger charge is 2.22. The van der Waals surface area contributed by atoms with Gasteiger partial charge in [-0.3, -0.25) is 0 Å². The number of aromatic nitrogens is 2. The van der Waals surface area contributed by atoms with Crippen LogP contribution in [-0.2, 0) is 0 Å². The summed E-state index contributed by atoms with van der Waals surface area (Å²) < 4.78 is 0. The normalized spacial score (nSPS) is 15.9. The van der Waals surface area contributed by atoms with Gasteiger partial charge in [-0.25, -0.2) is 4.98 Å². The molecule has 0 radical (unpaired) electrons. The van der Waals surface area contributed by atoms with Crippen molar-refractivity contribution in [2.45, 2.75) is 43.1 Å². The molecule has 5 heteroatoms. The Kier molecular flexibility index (Phi) is 3.83. The third kappa shape index (κ3) is 3.49. The van der Waals surface area contributed by atoms with Gasteiger partial charge in [0.25, 0.3) is 0 Å². The topological polar surface area (TPSA) is 78.5 Å². The summed E-state index contributed by atoms with van der Waals surface area (Å²) in [5.41, 5.74) is 8.30. The number of hydrogen-bond donors (Lipinski definition) is 2. The first-order chi connectivity index (χ1) is 8.89. The van der Waals surface area contributed by atoms with Crippen LogP contribution >= 0.6 is 11.8 Å². The van der Waals surface area contributed by atoms with Crippen molar-refractivity contribution < 1.29 is 0 Å². The first-order valence-electron chi connectivity index (χ1n) is 6.23. The van der Waals surface area contributed by atoms with E-state index in [1.807, 2.05) is 12.1 Å². The maximum absolute atomic E-state index is 8.95. The van der Waals surface area contributed by atoms with Gasteiger partial charge in [0.05, 0.1) is 17.1 Å². The molecule has 3 N–H and O–H groups in total. The summed E-state index contributed by atoms with van der Waals surface area (Å²) >= 11 is 1.62. The summed E-state index contributed by atoms with van der Waals surface area (Å²) in [6.07, 6.45) is 0.629. The van der Waals surface area contributed by atoms with Crippen LogP contribution in [0.1, 0.15) is 25.8 Å². The van der Waals surface area contributed by atoms with E-state index in [2.05, 4.69) is 36.0 Å². The van der Waals surface area contributed by atoms with Crippen molar-refractivity contribution in [1.29, 1.82) is 5.26 Å². The number of thioether (sulfide) groups is 1. The molecule has 0 bridgehead atoms. The number of benzene rings is 1. The van der Waals surface area contributed by atoms with Crippen molar-refractivity contribution in [3.63, 3.8) is 0 Å². The molecule has 0 spiro atoms. The van der Waals surface area contributed by atoms with Gasteiger partial charge in [0.2, 0.25) is 0 Å². The van der Waals surface area contributed by atoms with Crippen LogP contribution in [0.4, 0.5) is 0 Å². The number of nitrogens with zero attached hydrogens (tertiary/aromatic N) is 2. The largest absolute Gasteiger partial charge is 0.333 e. The number of hydrogen-bond acceptors (Lipinski definition) is 4. The van der Waals surface area contributed by atoms with Gasteiger partial charge in [-0.15, -0.1) is 0 Å². The van der Waals surface area contributed by atoms with Crippen molar-refractivity contribution in [2.75, 3.05) is 0 Å². The molecule has 2 unspecified atom stereocenters. The van der Waals surface area contributed by atoms with Gasteiger partial charge in [0.15, 0.2) is 5.16 Å². The molecular formula is C14H18N4S. The highest BCUT2D eigenvalue weighted by Crippen LogP contribution is 2.27. The molecule has 19 heavy (non-hydrogen) atoms. The third-order valence-electron chi connectivity index (χ3n) is 2.90. The number of fused-ring (bicyclic) bond motifs is 1. The van der Waals surface area contributed by atoms with Crippen LogP contribution in [0, 0.1) is 18.3 Å². The van der Waals surface area contributed by atoms with Crippen LogP contribution < -0.4 is 5.73 Å². The van der Waals surface area contributed by atoms with Crippen molar-refractivity contribution in [3.8, 4) is 6.07 Å². The Labute approximate surface area is 117 Å². The number of nitriles is 1. The van der Waals surface area contributed by atoms with E-state index in [4.69, 9.17) is 11.0 Å². The Morgan fingerprint density at radius 3 is 3.00 bits per heavy atom. The molecule has 2 rings (SSSR count). The average molecular weight is 274 g/mol. The standard InChI is InChI=1S/C14H18N4S/c1-9-4-5-11-12(6-9)18-13(17-11)19-10(2)7-14(3,16)8-15/h4-6,10H,7,16H2,1-3H3,(H,17,18). The van der Waals surface area contributed by atoms with Gasteiger partial charge < -0.3 is 10.7 Å². The summed E-state index contributed by atoms with van der Waals surface area (Å²) in [5.74, 6) is 0. The summed E-state index contributed by atoms with van der Waals surface area (Å²) in [5, 5.41) is 10.1. The van der Waals surface area contributed by atoms with Crippen molar-refractivity contribution in [3.05, 3.63) is 23.8 Å². The lowest BCUT2D eigenvalue weighted by molar-refractivity contribution is 0.545. The number of aromatic amines is 1. The molecule has 100 valence electrons. The van der Waals surface area contributed by atoms with Gasteiger partial charge in [-0.05, 0) is 38.0 Å². The van der Waals surface area contributed by atoms with Crippen molar-refractivity contribution >= 4 is 22.8 Å². The van der Waals surface area contributed by atoms with Crippen molar-refractivity contribution in [2.24, 2.45) is 5.73 Å². The van der Waals surface area contributed by atoms with Crippen LogP contribution in [0.15, 0.2) is 23.4 Å². The van der Waals surface area contributed by atoms with E-state index >= 15 is 0 Å². The zero-order chi connectivity index (χ0) is 14.0. The lowest BCUT2D eigenvalue weighted by Crippen LogP contribution is -2.36. The van der Waals surface area contributed by atoms with Gasteiger partial charge in [0, 0.05) is 5.25 Å². The molecule has 0 aliphatic rings. The summed E-state index contributed by atoms with van der Waals surface area (Å²) in [6, 6.07) is 8.27. The molecule has 4 nitrogen and oxygen atoms in total. The highest BCUT2D eigenvalue weighted by atomic mass is 32.2. The molecule has 0 saturated heterocycles. The molecule has 1 aromatic carbocycles. The summed E-state index contributed by atoms with van der Waals surface area (Å²) in [6.45, 7) is 5.88. The fourth-order valence-corrected chi connectivity index (χ4v) is 3.16. The van der Waals surface area contributed by atoms with Crippen LogP contribution in [-0.4, -0.2) is 20.8 Å². The van der Waals surface area contributed by atoms with E-state index in [1.54, 1.807) is 18.7 Å². The molecule has 0 amide bonds. The average Bonchev–Trinajstić information content (AvgIpc) is 2.69. The minimum absolute atomic E-state index is 0.233. The molecule has 0 saturated carbocycles. The van der Waals surface area contributed by atoms with E-state index in [0.717, 1.165) is 16.2 Å². The van der Waals surface area contributed by atoms with E-state index in [0.29, 0.717) is 6.42 Å². The number of imidazole rings is 1. The Hall–Kier alpha value is -1.51. The second-order valence-corrected chi connectivity index (χ2v) is 6.65. The lowest BCUT2D eigenvalue weighted by Gasteiger charge is -2.19. The molecule has 1 heterocycles. The van der Waals surface area contributed by atoms with Crippen LogP contribution in [0.3, 0.4) is 0 Å². The second-order valence-electron chi connectivity index (χ2n) is 5.22. The minimum Gasteiger partial charge on any atom is -0.333 e. The lowest BCUT2D eigenvalue weighted by atomic mass is 10.00. The third-order valence-corrected chi connectivity index (χ3v) is 3.88. The van der Waals surface area contributed by atoms with Crippen LogP contribution in [0.25, 0.3) is 11.0 Å². The summed E-state index contributed by atoms with van der Waals surface area (Å²) in [7, 11) is 0. The second kappa shape index (κ2) is 5.24. The Morgan fingerprint density at radius 2 is 2.32 bits per heavy atom. The maximum atomic E-state index is 8.95. The van der Waals surface area contributed by atoms with Gasteiger partial charge in [0.1, 0.15) is 5.54 Å². The number of rotatable bonds is 4. The zero-order valence-corrected chi connectivity index (χ0v) is 12.2. The fraction of sp³-hybridized carbons (Fsp3) is 0.429. The maximum Gasteiger partial charge on any atom is 0.166 e. The van der Waals surface area contributed by atoms with Gasteiger partial charge in [-0.2, -0.15) is 5.26 Å². The van der Waals surface area contributed by atoms with Gasteiger partial charge in [-0.1, -0.05) is 24.8 Å². The van der Waals surface area contributed by atoms with E-state index < -0.39 is 5.54 Å². The van der Waals surface area contributed by atoms with E-state index in [-0.39, 0.29) is 5.25 Å². The SMILES string of the molecule is Cc1ccc2nc(SC(C)CC(C)(N)C#N)[nH]c2c1. The fourth-order valence-electron chi connectivity index (χ4n) is 2.03. The quantitative estimate of drug-likeness (QED) is 0.840. The zero-order valence-electron chi connectivity index (χ0n) is 11.4. The number of aryl methyl sites for hydroxylation is 1. The number of nitrogens with one attached hydrogen (secondary N) is 1. The van der Waals surface area contributed by atoms with Crippen molar-refractivity contribution in [1.82, 2.24) is 9.97 Å². The van der Waals surface area contributed by atoms with E-state index in [9.17, 15) is 0 Å². The molecule has 0 aliphatic heterocycles. The predicted molar refractivity (Wildman–Crippen MR) is 79.0 cm³/mol. The Balaban J connectivity index is 2.11. The Morgan fingerprint density at radius 1 is 1.58 bits per heavy atom. The molecule has 0 fully saturated rings. The number of H-pyrrole nitrogens is 1. The molecular weight excluding hydrogens is 256 g/mol. The molecule has 1 aromatic heterocycles. The smallest absolute Gasteiger partial charge is 0.166 e. The van der Waals surface area contributed by atoms with Crippen LogP contribution in [0.2, 0.25) is 0 Å². The highest BCUT2D eigenvalue weighted by molar-refractivity contribution is 7.99. The predicted octanol–water partition coefficient (Wildman–Crippen LogP) is 2.98. The first-order valence-corrected chi connectivity index (χ1v) is 7.11. The first kappa shape index (κ1) is 13.9. The molecule has 0 aliphatic carbocycles. The van der Waals surface area contributed by atoms with Gasteiger partial charge >= 0.3 is 0 Å². The molecule has 2 atom stereocenters. The van der Waals surface area contributed by atoms with Crippen LogP contribution in [0.5, 0.6) is 0 Å². The summed E-state index contributed by atoms with van der Waals surface area (Å²) in [4.78, 5) is 7.83. The van der Waals surface area contributed by atoms with E-state index in [1.165, 1.54) is 5.56 Å². The minimum atomic E-state index is -0.783. The number of nitrogens with two attached hydrogens (primary N) is 1.